The van der Waals surface area contributed by atoms with Crippen molar-refractivity contribution in [1.29, 1.82) is 0 Å². The second-order valence-electron chi connectivity index (χ2n) is 6.15. The molecule has 1 aromatic carbocycles. The van der Waals surface area contributed by atoms with Gasteiger partial charge in [0.1, 0.15) is 0 Å². The van der Waals surface area contributed by atoms with E-state index in [0.717, 1.165) is 29.8 Å². The maximum absolute atomic E-state index is 4.71. The fourth-order valence-corrected chi connectivity index (χ4v) is 3.16. The summed E-state index contributed by atoms with van der Waals surface area (Å²) in [6, 6.07) is 6.13. The summed E-state index contributed by atoms with van der Waals surface area (Å²) in [4.78, 5) is 4.71. The van der Waals surface area contributed by atoms with Gasteiger partial charge in [-0.15, -0.1) is 5.10 Å². The average molecular weight is 308 g/mol. The third kappa shape index (κ3) is 2.76. The zero-order valence-electron chi connectivity index (χ0n) is 13.3. The Morgan fingerprint density at radius 3 is 3.09 bits per heavy atom. The number of nitrogens with one attached hydrogen (secondary N) is 1. The Labute approximate surface area is 134 Å². The lowest BCUT2D eigenvalue weighted by atomic mass is 9.97. The van der Waals surface area contributed by atoms with Crippen LogP contribution in [0.15, 0.2) is 29.8 Å². The van der Waals surface area contributed by atoms with E-state index in [1.54, 1.807) is 10.1 Å². The number of aryl methyl sites for hydroxylation is 1. The number of aromatic nitrogens is 5. The molecule has 0 bridgehead atoms. The van der Waals surface area contributed by atoms with Gasteiger partial charge in [0.2, 0.25) is 5.65 Å². The minimum atomic E-state index is 0.681. The van der Waals surface area contributed by atoms with Crippen LogP contribution in [0.4, 0.5) is 5.82 Å². The van der Waals surface area contributed by atoms with E-state index >= 15 is 0 Å². The second-order valence-corrected chi connectivity index (χ2v) is 6.15. The van der Waals surface area contributed by atoms with Gasteiger partial charge in [-0.2, -0.15) is 4.52 Å². The van der Waals surface area contributed by atoms with Crippen molar-refractivity contribution in [2.45, 2.75) is 39.0 Å². The summed E-state index contributed by atoms with van der Waals surface area (Å²) in [5.41, 5.74) is 5.23. The lowest BCUT2D eigenvalue weighted by Crippen LogP contribution is -2.08. The molecular formula is C17H20N6. The highest BCUT2D eigenvalue weighted by Crippen LogP contribution is 2.22. The van der Waals surface area contributed by atoms with Gasteiger partial charge in [-0.05, 0) is 67.2 Å². The van der Waals surface area contributed by atoms with Crippen LogP contribution in [0.25, 0.3) is 16.7 Å². The number of fused-ring (bicyclic) bond motifs is 3. The maximum atomic E-state index is 4.71. The molecule has 0 amide bonds. The van der Waals surface area contributed by atoms with Crippen molar-refractivity contribution in [3.8, 4) is 0 Å². The van der Waals surface area contributed by atoms with Crippen molar-refractivity contribution in [3.05, 3.63) is 35.4 Å². The predicted molar refractivity (Wildman–Crippen MR) is 90.5 cm³/mol. The largest absolute Gasteiger partial charge is 0.367 e. The summed E-state index contributed by atoms with van der Waals surface area (Å²) in [7, 11) is 0. The molecule has 4 rings (SSSR count). The van der Waals surface area contributed by atoms with Gasteiger partial charge in [-0.1, -0.05) is 17.7 Å². The highest BCUT2D eigenvalue weighted by molar-refractivity contribution is 5.82. The first-order chi connectivity index (χ1) is 11.3. The zero-order valence-corrected chi connectivity index (χ0v) is 13.3. The van der Waals surface area contributed by atoms with Gasteiger partial charge in [0.15, 0.2) is 5.82 Å². The van der Waals surface area contributed by atoms with E-state index in [1.807, 2.05) is 6.07 Å². The van der Waals surface area contributed by atoms with Gasteiger partial charge in [-0.3, -0.25) is 0 Å². The molecule has 0 spiro atoms. The van der Waals surface area contributed by atoms with Crippen molar-refractivity contribution in [3.63, 3.8) is 0 Å². The molecule has 118 valence electrons. The molecular weight excluding hydrogens is 288 g/mol. The lowest BCUT2D eigenvalue weighted by molar-refractivity contribution is 0.679. The molecule has 1 N–H and O–H groups in total. The number of allylic oxidation sites excluding steroid dienone is 1. The van der Waals surface area contributed by atoms with E-state index in [1.165, 1.54) is 31.2 Å². The Kier molecular flexibility index (Phi) is 3.65. The fraction of sp³-hybridized carbons (Fsp3) is 0.412. The monoisotopic (exact) mass is 308 g/mol. The molecule has 0 fully saturated rings. The second kappa shape index (κ2) is 5.95. The Bertz CT molecular complexity index is 879. The Morgan fingerprint density at radius 1 is 1.26 bits per heavy atom. The highest BCUT2D eigenvalue weighted by atomic mass is 15.5. The molecule has 6 nitrogen and oxygen atoms in total. The van der Waals surface area contributed by atoms with Crippen LogP contribution in [0.1, 0.15) is 37.7 Å². The quantitative estimate of drug-likeness (QED) is 0.749. The van der Waals surface area contributed by atoms with Crippen molar-refractivity contribution < 1.29 is 0 Å². The van der Waals surface area contributed by atoms with E-state index in [-0.39, 0.29) is 0 Å². The van der Waals surface area contributed by atoms with Gasteiger partial charge < -0.3 is 5.32 Å². The molecule has 0 saturated carbocycles. The van der Waals surface area contributed by atoms with Gasteiger partial charge in [0.05, 0.1) is 11.0 Å². The minimum absolute atomic E-state index is 0.681. The van der Waals surface area contributed by atoms with Gasteiger partial charge in [0.25, 0.3) is 0 Å². The van der Waals surface area contributed by atoms with Crippen molar-refractivity contribution >= 4 is 22.5 Å². The maximum Gasteiger partial charge on any atom is 0.222 e. The number of hydrogen-bond acceptors (Lipinski definition) is 5. The number of anilines is 1. The first-order valence-electron chi connectivity index (χ1n) is 8.21. The molecule has 2 heterocycles. The number of rotatable bonds is 4. The van der Waals surface area contributed by atoms with E-state index in [9.17, 15) is 0 Å². The first kappa shape index (κ1) is 14.1. The summed E-state index contributed by atoms with van der Waals surface area (Å²) in [5, 5.41) is 15.5. The van der Waals surface area contributed by atoms with Crippen LogP contribution in [0.2, 0.25) is 0 Å². The molecule has 3 aromatic rings. The molecule has 1 aliphatic carbocycles. The molecule has 1 aliphatic rings. The molecule has 0 unspecified atom stereocenters. The van der Waals surface area contributed by atoms with Crippen molar-refractivity contribution in [2.75, 3.05) is 11.9 Å². The Morgan fingerprint density at radius 2 is 2.22 bits per heavy atom. The molecule has 2 aromatic heterocycles. The highest BCUT2D eigenvalue weighted by Gasteiger charge is 2.12. The van der Waals surface area contributed by atoms with Crippen LogP contribution in [-0.2, 0) is 0 Å². The first-order valence-corrected chi connectivity index (χ1v) is 8.21. The topological polar surface area (TPSA) is 68.0 Å². The van der Waals surface area contributed by atoms with Gasteiger partial charge in [-0.25, -0.2) is 4.98 Å². The lowest BCUT2D eigenvalue weighted by Gasteiger charge is -2.13. The average Bonchev–Trinajstić information content (AvgIpc) is 3.06. The van der Waals surface area contributed by atoms with E-state index in [0.29, 0.717) is 5.65 Å². The number of tetrazole rings is 1. The molecule has 0 radical (unpaired) electrons. The summed E-state index contributed by atoms with van der Waals surface area (Å²) in [6.45, 7) is 2.92. The fourth-order valence-electron chi connectivity index (χ4n) is 3.16. The summed E-state index contributed by atoms with van der Waals surface area (Å²) >= 11 is 0. The SMILES string of the molecule is Cc1ccc2nc(NCCC3=CCCCC3)c3nnnn3c2c1. The normalized spacial score (nSPS) is 15.1. The van der Waals surface area contributed by atoms with Crippen LogP contribution >= 0.6 is 0 Å². The van der Waals surface area contributed by atoms with Crippen molar-refractivity contribution in [1.82, 2.24) is 25.0 Å². The standard InChI is InChI=1S/C17H20N6/c1-12-7-8-14-15(11-12)23-17(20-21-22-23)16(19-14)18-10-9-13-5-3-2-4-6-13/h5,7-8,11H,2-4,6,9-10H2,1H3,(H,18,19). The summed E-state index contributed by atoms with van der Waals surface area (Å²) in [6.07, 6.45) is 8.54. The summed E-state index contributed by atoms with van der Waals surface area (Å²) in [5.74, 6) is 0.753. The molecule has 0 saturated heterocycles. The zero-order chi connectivity index (χ0) is 15.6. The number of hydrogen-bond donors (Lipinski definition) is 1. The van der Waals surface area contributed by atoms with E-state index in [4.69, 9.17) is 4.98 Å². The number of nitrogens with zero attached hydrogens (tertiary/aromatic N) is 5. The number of benzene rings is 1. The third-order valence-electron chi connectivity index (χ3n) is 4.40. The Hall–Kier alpha value is -2.50. The van der Waals surface area contributed by atoms with Crippen LogP contribution in [0, 0.1) is 6.92 Å². The van der Waals surface area contributed by atoms with Gasteiger partial charge in [0, 0.05) is 6.54 Å². The molecule has 6 heteroatoms. The molecule has 0 atom stereocenters. The van der Waals surface area contributed by atoms with Crippen LogP contribution < -0.4 is 5.32 Å². The summed E-state index contributed by atoms with van der Waals surface area (Å²) < 4.78 is 1.76. The minimum Gasteiger partial charge on any atom is -0.367 e. The van der Waals surface area contributed by atoms with Crippen LogP contribution in [-0.4, -0.2) is 31.6 Å². The van der Waals surface area contributed by atoms with Crippen LogP contribution in [0.5, 0.6) is 0 Å². The Balaban J connectivity index is 1.62. The van der Waals surface area contributed by atoms with Crippen LogP contribution in [0.3, 0.4) is 0 Å². The molecule has 23 heavy (non-hydrogen) atoms. The van der Waals surface area contributed by atoms with E-state index in [2.05, 4.69) is 46.0 Å². The molecule has 0 aliphatic heterocycles. The third-order valence-corrected chi connectivity index (χ3v) is 4.40. The van der Waals surface area contributed by atoms with Crippen molar-refractivity contribution in [2.24, 2.45) is 0 Å². The van der Waals surface area contributed by atoms with E-state index < -0.39 is 0 Å². The smallest absolute Gasteiger partial charge is 0.222 e. The van der Waals surface area contributed by atoms with Gasteiger partial charge >= 0.3 is 0 Å². The predicted octanol–water partition coefficient (Wildman–Crippen LogP) is 3.28.